The minimum absolute atomic E-state index is 0.125. The number of rotatable bonds is 5. The number of amides is 2. The molecule has 5 rings (SSSR count). The molecule has 1 fully saturated rings. The van der Waals surface area contributed by atoms with Crippen LogP contribution in [0.4, 0.5) is 18.9 Å². The molecule has 2 heterocycles. The van der Waals surface area contributed by atoms with Gasteiger partial charge in [0, 0.05) is 0 Å². The third-order valence-corrected chi connectivity index (χ3v) is 6.14. The van der Waals surface area contributed by atoms with Gasteiger partial charge in [-0.25, -0.2) is 4.90 Å². The second-order valence-corrected chi connectivity index (χ2v) is 8.26. The highest BCUT2D eigenvalue weighted by atomic mass is 19.4. The summed E-state index contributed by atoms with van der Waals surface area (Å²) in [5.41, 5.74) is 2.61. The first-order valence-electron chi connectivity index (χ1n) is 10.8. The molecule has 2 unspecified atom stereocenters. The van der Waals surface area contributed by atoms with Crippen molar-refractivity contribution in [2.45, 2.75) is 18.1 Å². The van der Waals surface area contributed by atoms with Gasteiger partial charge >= 0.3 is 6.18 Å². The van der Waals surface area contributed by atoms with E-state index in [-0.39, 0.29) is 11.4 Å². The van der Waals surface area contributed by atoms with Crippen LogP contribution < -0.4 is 10.3 Å². The zero-order valence-electron chi connectivity index (χ0n) is 18.1. The lowest BCUT2D eigenvalue weighted by atomic mass is 9.82. The fourth-order valence-electron chi connectivity index (χ4n) is 4.50. The molecule has 1 N–H and O–H groups in total. The lowest BCUT2D eigenvalue weighted by Gasteiger charge is -2.19. The Kier molecular flexibility index (Phi) is 5.47. The number of hydrazone groups is 1. The summed E-state index contributed by atoms with van der Waals surface area (Å²) in [6.07, 6.45) is -4.64. The molecule has 35 heavy (non-hydrogen) atoms. The van der Waals surface area contributed by atoms with Crippen molar-refractivity contribution in [1.29, 1.82) is 0 Å². The smallest absolute Gasteiger partial charge is 0.296 e. The molecule has 176 valence electrons. The molecule has 3 aromatic carbocycles. The standard InChI is InChI=1S/C26H18F3N3O3/c27-26(28,29)17-12-7-13-18(14-17)32-24(34)20-21(30-31-22(20)25(32)35)23(33)19(15-8-3-1-4-9-15)16-10-5-2-6-11-16/h1-14,19-20,22,31H. The zero-order chi connectivity index (χ0) is 24.7. The van der Waals surface area contributed by atoms with Gasteiger partial charge in [-0.3, -0.25) is 19.8 Å². The molecule has 2 aliphatic rings. The molecule has 0 spiro atoms. The van der Waals surface area contributed by atoms with Crippen LogP contribution in [0.3, 0.4) is 0 Å². The van der Waals surface area contributed by atoms with E-state index in [2.05, 4.69) is 10.5 Å². The van der Waals surface area contributed by atoms with E-state index in [0.717, 1.165) is 18.2 Å². The van der Waals surface area contributed by atoms with E-state index >= 15 is 0 Å². The quantitative estimate of drug-likeness (QED) is 0.565. The average molecular weight is 477 g/mol. The number of halogens is 3. The Morgan fingerprint density at radius 2 is 1.46 bits per heavy atom. The van der Waals surface area contributed by atoms with E-state index in [1.54, 1.807) is 48.5 Å². The van der Waals surface area contributed by atoms with Gasteiger partial charge in [-0.05, 0) is 29.3 Å². The number of carbonyl (C=O) groups is 3. The molecule has 0 radical (unpaired) electrons. The van der Waals surface area contributed by atoms with Crippen molar-refractivity contribution in [2.75, 3.05) is 4.90 Å². The lowest BCUT2D eigenvalue weighted by Crippen LogP contribution is -2.36. The second kappa shape index (κ2) is 8.50. The molecule has 1 saturated heterocycles. The Morgan fingerprint density at radius 3 is 2.03 bits per heavy atom. The Morgan fingerprint density at radius 1 is 0.857 bits per heavy atom. The highest BCUT2D eigenvalue weighted by Gasteiger charge is 2.56. The summed E-state index contributed by atoms with van der Waals surface area (Å²) in [6.45, 7) is 0. The lowest BCUT2D eigenvalue weighted by molar-refractivity contribution is -0.137. The number of anilines is 1. The Bertz CT molecular complexity index is 1300. The third-order valence-electron chi connectivity index (χ3n) is 6.14. The average Bonchev–Trinajstić information content (AvgIpc) is 3.40. The summed E-state index contributed by atoms with van der Waals surface area (Å²) < 4.78 is 39.6. The molecular weight excluding hydrogens is 459 g/mol. The van der Waals surface area contributed by atoms with Gasteiger partial charge < -0.3 is 0 Å². The van der Waals surface area contributed by atoms with E-state index < -0.39 is 47.2 Å². The first-order chi connectivity index (χ1) is 16.8. The van der Waals surface area contributed by atoms with Crippen molar-refractivity contribution < 1.29 is 27.6 Å². The Balaban J connectivity index is 1.50. The largest absolute Gasteiger partial charge is 0.416 e. The van der Waals surface area contributed by atoms with Crippen LogP contribution in [0.15, 0.2) is 90.0 Å². The van der Waals surface area contributed by atoms with Gasteiger partial charge in [0.15, 0.2) is 5.78 Å². The highest BCUT2D eigenvalue weighted by molar-refractivity contribution is 6.50. The zero-order valence-corrected chi connectivity index (χ0v) is 18.1. The van der Waals surface area contributed by atoms with Gasteiger partial charge in [0.1, 0.15) is 17.7 Å². The summed E-state index contributed by atoms with van der Waals surface area (Å²) in [6, 6.07) is 20.7. The summed E-state index contributed by atoms with van der Waals surface area (Å²) in [4.78, 5) is 40.8. The molecule has 0 aliphatic carbocycles. The van der Waals surface area contributed by atoms with Gasteiger partial charge in [-0.2, -0.15) is 18.3 Å². The number of hydrogen-bond acceptors (Lipinski definition) is 5. The maximum Gasteiger partial charge on any atom is 0.416 e. The van der Waals surface area contributed by atoms with Crippen molar-refractivity contribution in [3.63, 3.8) is 0 Å². The first-order valence-corrected chi connectivity index (χ1v) is 10.8. The summed E-state index contributed by atoms with van der Waals surface area (Å²) in [5, 5.41) is 4.05. The maximum atomic E-state index is 13.8. The number of nitrogens with one attached hydrogen (secondary N) is 1. The topological polar surface area (TPSA) is 78.8 Å². The van der Waals surface area contributed by atoms with Crippen LogP contribution in [0.5, 0.6) is 0 Å². The van der Waals surface area contributed by atoms with Crippen LogP contribution in [-0.2, 0) is 20.6 Å². The summed E-state index contributed by atoms with van der Waals surface area (Å²) in [7, 11) is 0. The second-order valence-electron chi connectivity index (χ2n) is 8.26. The van der Waals surface area contributed by atoms with Crippen molar-refractivity contribution in [3.8, 4) is 0 Å². The fraction of sp³-hybridized carbons (Fsp3) is 0.154. The molecule has 2 aliphatic heterocycles. The van der Waals surface area contributed by atoms with Crippen LogP contribution in [-0.4, -0.2) is 29.4 Å². The molecule has 0 aromatic heterocycles. The number of imide groups is 1. The van der Waals surface area contributed by atoms with Crippen LogP contribution in [0.1, 0.15) is 22.6 Å². The molecule has 0 saturated carbocycles. The predicted octanol–water partition coefficient (Wildman–Crippen LogP) is 3.92. The van der Waals surface area contributed by atoms with E-state index in [4.69, 9.17) is 0 Å². The van der Waals surface area contributed by atoms with E-state index in [1.165, 1.54) is 6.07 Å². The van der Waals surface area contributed by atoms with E-state index in [1.807, 2.05) is 12.1 Å². The van der Waals surface area contributed by atoms with E-state index in [9.17, 15) is 27.6 Å². The minimum atomic E-state index is -4.64. The number of nitrogens with zero attached hydrogens (tertiary/aromatic N) is 2. The fourth-order valence-corrected chi connectivity index (χ4v) is 4.50. The number of Topliss-reactive ketones (excluding diaryl/α,β-unsaturated/α-hetero) is 1. The number of hydrogen-bond donors (Lipinski definition) is 1. The molecule has 0 bridgehead atoms. The van der Waals surface area contributed by atoms with Crippen molar-refractivity contribution in [2.24, 2.45) is 11.0 Å². The SMILES string of the molecule is O=C(C1=NNC2C(=O)N(c3cccc(C(F)(F)F)c3)C(=O)C12)C(c1ccccc1)c1ccccc1. The Labute approximate surface area is 198 Å². The Hall–Kier alpha value is -4.27. The van der Waals surface area contributed by atoms with Gasteiger partial charge in [0.2, 0.25) is 5.91 Å². The minimum Gasteiger partial charge on any atom is -0.296 e. The third kappa shape index (κ3) is 3.88. The van der Waals surface area contributed by atoms with Crippen LogP contribution in [0.2, 0.25) is 0 Å². The van der Waals surface area contributed by atoms with Crippen molar-refractivity contribution in [3.05, 3.63) is 102 Å². The highest BCUT2D eigenvalue weighted by Crippen LogP contribution is 2.37. The molecule has 2 atom stereocenters. The van der Waals surface area contributed by atoms with Gasteiger partial charge in [0.05, 0.1) is 17.2 Å². The number of alkyl halides is 3. The van der Waals surface area contributed by atoms with Gasteiger partial charge in [0.25, 0.3) is 5.91 Å². The van der Waals surface area contributed by atoms with Crippen LogP contribution >= 0.6 is 0 Å². The number of benzene rings is 3. The van der Waals surface area contributed by atoms with Crippen molar-refractivity contribution >= 4 is 29.0 Å². The van der Waals surface area contributed by atoms with E-state index in [0.29, 0.717) is 16.0 Å². The summed E-state index contributed by atoms with van der Waals surface area (Å²) >= 11 is 0. The molecule has 6 nitrogen and oxygen atoms in total. The number of carbonyl (C=O) groups excluding carboxylic acids is 3. The molecular formula is C26H18F3N3O3. The number of ketones is 1. The predicted molar refractivity (Wildman–Crippen MR) is 122 cm³/mol. The maximum absolute atomic E-state index is 13.8. The normalized spacial score (nSPS) is 19.5. The molecule has 3 aromatic rings. The molecule has 9 heteroatoms. The summed E-state index contributed by atoms with van der Waals surface area (Å²) in [5.74, 6) is -4.03. The van der Waals surface area contributed by atoms with Crippen LogP contribution in [0.25, 0.3) is 0 Å². The van der Waals surface area contributed by atoms with Crippen LogP contribution in [0, 0.1) is 5.92 Å². The van der Waals surface area contributed by atoms with Gasteiger partial charge in [-0.1, -0.05) is 66.7 Å². The first kappa shape index (κ1) is 22.5. The monoisotopic (exact) mass is 477 g/mol. The van der Waals surface area contributed by atoms with Crippen molar-refractivity contribution in [1.82, 2.24) is 5.43 Å². The number of fused-ring (bicyclic) bond motifs is 1. The van der Waals surface area contributed by atoms with Gasteiger partial charge in [-0.15, -0.1) is 0 Å². The molecule has 2 amide bonds.